The minimum Gasteiger partial charge on any atom is -0.393 e. The third-order valence-corrected chi connectivity index (χ3v) is 1.24. The molecule has 0 amide bonds. The summed E-state index contributed by atoms with van der Waals surface area (Å²) in [6, 6.07) is 0. The lowest BCUT2D eigenvalue weighted by atomic mass is 10.1. The summed E-state index contributed by atoms with van der Waals surface area (Å²) in [5.41, 5.74) is 0. The molecule has 0 fully saturated rings. The van der Waals surface area contributed by atoms with Gasteiger partial charge in [0.15, 0.2) is 0 Å². The van der Waals surface area contributed by atoms with Crippen LogP contribution in [0.5, 0.6) is 0 Å². The fraction of sp³-hybridized carbons (Fsp3) is 0.857. The zero-order valence-electron chi connectivity index (χ0n) is 5.72. The van der Waals surface area contributed by atoms with Crippen LogP contribution in [0, 0.1) is 6.42 Å². The van der Waals surface area contributed by atoms with Crippen molar-refractivity contribution in [2.75, 3.05) is 0 Å². The average Bonchev–Trinajstić information content (AvgIpc) is 1.83. The second kappa shape index (κ2) is 5.10. The van der Waals surface area contributed by atoms with E-state index in [0.717, 1.165) is 12.8 Å². The summed E-state index contributed by atoms with van der Waals surface area (Å²) in [6.07, 6.45) is 4.88. The summed E-state index contributed by atoms with van der Waals surface area (Å²) in [5, 5.41) is 8.93. The quantitative estimate of drug-likeness (QED) is 0.592. The highest BCUT2D eigenvalue weighted by Crippen LogP contribution is 2.01. The molecular formula is C7H15O. The van der Waals surface area contributed by atoms with E-state index in [1.54, 1.807) is 0 Å². The summed E-state index contributed by atoms with van der Waals surface area (Å²) < 4.78 is 0. The van der Waals surface area contributed by atoms with Crippen LogP contribution in [-0.4, -0.2) is 11.2 Å². The number of hydrogen-bond donors (Lipinski definition) is 1. The van der Waals surface area contributed by atoms with Crippen molar-refractivity contribution >= 4 is 0 Å². The van der Waals surface area contributed by atoms with Gasteiger partial charge in [-0.25, -0.2) is 0 Å². The molecule has 1 nitrogen and oxygen atoms in total. The van der Waals surface area contributed by atoms with Crippen LogP contribution in [0.1, 0.15) is 33.1 Å². The number of rotatable bonds is 4. The Morgan fingerprint density at radius 3 is 2.62 bits per heavy atom. The van der Waals surface area contributed by atoms with Crippen molar-refractivity contribution in [1.82, 2.24) is 0 Å². The van der Waals surface area contributed by atoms with Gasteiger partial charge >= 0.3 is 0 Å². The van der Waals surface area contributed by atoms with Gasteiger partial charge in [0.2, 0.25) is 0 Å². The van der Waals surface area contributed by atoms with Crippen LogP contribution in [-0.2, 0) is 0 Å². The third-order valence-electron chi connectivity index (χ3n) is 1.24. The highest BCUT2D eigenvalue weighted by molar-refractivity contribution is 4.68. The van der Waals surface area contributed by atoms with Gasteiger partial charge < -0.3 is 5.11 Å². The van der Waals surface area contributed by atoms with Gasteiger partial charge in [0.1, 0.15) is 0 Å². The van der Waals surface area contributed by atoms with Gasteiger partial charge in [-0.2, -0.15) is 0 Å². The molecule has 1 heteroatoms. The predicted octanol–water partition coefficient (Wildman–Crippen LogP) is 1.76. The molecule has 1 unspecified atom stereocenters. The van der Waals surface area contributed by atoms with Gasteiger partial charge in [0.05, 0.1) is 6.10 Å². The standard InChI is InChI=1S/C7H15O/c1-3-5-6-7(8)4-2/h4,7-8H,3,5-6H2,1-2H3. The number of hydrogen-bond acceptors (Lipinski definition) is 1. The molecule has 8 heavy (non-hydrogen) atoms. The summed E-state index contributed by atoms with van der Waals surface area (Å²) in [6.45, 7) is 4.02. The van der Waals surface area contributed by atoms with Crippen LogP contribution in [0.25, 0.3) is 0 Å². The Morgan fingerprint density at radius 2 is 2.25 bits per heavy atom. The average molecular weight is 115 g/mol. The van der Waals surface area contributed by atoms with E-state index in [9.17, 15) is 0 Å². The van der Waals surface area contributed by atoms with Crippen molar-refractivity contribution in [3.05, 3.63) is 6.42 Å². The lowest BCUT2D eigenvalue weighted by molar-refractivity contribution is 0.193. The number of unbranched alkanes of at least 4 members (excludes halogenated alkanes) is 1. The van der Waals surface area contributed by atoms with Crippen LogP contribution >= 0.6 is 0 Å². The molecule has 0 saturated carbocycles. The molecule has 0 heterocycles. The highest BCUT2D eigenvalue weighted by atomic mass is 16.3. The SMILES string of the molecule is C[CH]C(O)CCCC. The third kappa shape index (κ3) is 4.13. The minimum atomic E-state index is -0.171. The Labute approximate surface area is 51.7 Å². The van der Waals surface area contributed by atoms with Gasteiger partial charge in [-0.3, -0.25) is 0 Å². The molecule has 0 bridgehead atoms. The second-order valence-electron chi connectivity index (χ2n) is 2.04. The first kappa shape index (κ1) is 7.96. The van der Waals surface area contributed by atoms with Gasteiger partial charge in [-0.15, -0.1) is 0 Å². The maximum Gasteiger partial charge on any atom is 0.0569 e. The lowest BCUT2D eigenvalue weighted by Gasteiger charge is -2.03. The molecule has 49 valence electrons. The smallest absolute Gasteiger partial charge is 0.0569 e. The van der Waals surface area contributed by atoms with Crippen LogP contribution < -0.4 is 0 Å². The largest absolute Gasteiger partial charge is 0.393 e. The van der Waals surface area contributed by atoms with E-state index in [0.29, 0.717) is 0 Å². The van der Waals surface area contributed by atoms with Crippen LogP contribution in [0.15, 0.2) is 0 Å². The fourth-order valence-corrected chi connectivity index (χ4v) is 0.580. The fourth-order valence-electron chi connectivity index (χ4n) is 0.580. The monoisotopic (exact) mass is 115 g/mol. The van der Waals surface area contributed by atoms with Crippen LogP contribution in [0.4, 0.5) is 0 Å². The first-order valence-corrected chi connectivity index (χ1v) is 3.28. The Kier molecular flexibility index (Phi) is 5.08. The Bertz CT molecular complexity index is 43.7. The molecule has 0 aromatic rings. The number of aliphatic hydroxyl groups is 1. The molecule has 0 aliphatic heterocycles. The number of aliphatic hydroxyl groups excluding tert-OH is 1. The molecule has 0 aliphatic rings. The molecule has 0 saturated heterocycles. The van der Waals surface area contributed by atoms with Gasteiger partial charge in [0.25, 0.3) is 0 Å². The molecule has 0 spiro atoms. The Morgan fingerprint density at radius 1 is 1.62 bits per heavy atom. The van der Waals surface area contributed by atoms with E-state index in [2.05, 4.69) is 6.92 Å². The lowest BCUT2D eigenvalue weighted by Crippen LogP contribution is -2.03. The second-order valence-corrected chi connectivity index (χ2v) is 2.04. The molecule has 1 radical (unpaired) electrons. The summed E-state index contributed by atoms with van der Waals surface area (Å²) in [7, 11) is 0. The molecule has 1 N–H and O–H groups in total. The zero-order chi connectivity index (χ0) is 6.41. The maximum absolute atomic E-state index is 8.93. The van der Waals surface area contributed by atoms with Crippen molar-refractivity contribution in [1.29, 1.82) is 0 Å². The van der Waals surface area contributed by atoms with E-state index < -0.39 is 0 Å². The van der Waals surface area contributed by atoms with Crippen molar-refractivity contribution in [3.63, 3.8) is 0 Å². The van der Waals surface area contributed by atoms with E-state index in [4.69, 9.17) is 5.11 Å². The van der Waals surface area contributed by atoms with Gasteiger partial charge in [-0.1, -0.05) is 26.7 Å². The molecule has 0 aromatic heterocycles. The van der Waals surface area contributed by atoms with Crippen molar-refractivity contribution in [2.24, 2.45) is 0 Å². The Balaban J connectivity index is 2.86. The maximum atomic E-state index is 8.93. The molecule has 0 rings (SSSR count). The summed E-state index contributed by atoms with van der Waals surface area (Å²) in [5.74, 6) is 0. The molecular weight excluding hydrogens is 100 g/mol. The molecule has 0 aromatic carbocycles. The zero-order valence-corrected chi connectivity index (χ0v) is 5.72. The summed E-state index contributed by atoms with van der Waals surface area (Å²) in [4.78, 5) is 0. The van der Waals surface area contributed by atoms with Crippen LogP contribution in [0.2, 0.25) is 0 Å². The van der Waals surface area contributed by atoms with Crippen molar-refractivity contribution in [2.45, 2.75) is 39.2 Å². The predicted molar refractivity (Wildman–Crippen MR) is 35.5 cm³/mol. The van der Waals surface area contributed by atoms with Crippen molar-refractivity contribution in [3.8, 4) is 0 Å². The van der Waals surface area contributed by atoms with E-state index >= 15 is 0 Å². The Hall–Kier alpha value is -0.0400. The topological polar surface area (TPSA) is 20.2 Å². The van der Waals surface area contributed by atoms with Gasteiger partial charge in [0, 0.05) is 0 Å². The molecule has 0 aliphatic carbocycles. The highest BCUT2D eigenvalue weighted by Gasteiger charge is 1.96. The first-order valence-electron chi connectivity index (χ1n) is 3.28. The van der Waals surface area contributed by atoms with Crippen molar-refractivity contribution < 1.29 is 5.11 Å². The normalized spacial score (nSPS) is 13.9. The van der Waals surface area contributed by atoms with E-state index in [1.807, 2.05) is 13.3 Å². The first-order chi connectivity index (χ1) is 3.81. The van der Waals surface area contributed by atoms with Crippen LogP contribution in [0.3, 0.4) is 0 Å². The van der Waals surface area contributed by atoms with E-state index in [-0.39, 0.29) is 6.10 Å². The van der Waals surface area contributed by atoms with Gasteiger partial charge in [-0.05, 0) is 12.8 Å². The molecule has 1 atom stereocenters. The minimum absolute atomic E-state index is 0.171. The summed E-state index contributed by atoms with van der Waals surface area (Å²) >= 11 is 0. The van der Waals surface area contributed by atoms with E-state index in [1.165, 1.54) is 6.42 Å².